The number of carbonyl (C=O) groups excluding carboxylic acids is 1. The van der Waals surface area contributed by atoms with Crippen LogP contribution in [-0.4, -0.2) is 25.7 Å². The first-order chi connectivity index (χ1) is 9.04. The van der Waals surface area contributed by atoms with Gasteiger partial charge in [-0.15, -0.1) is 0 Å². The summed E-state index contributed by atoms with van der Waals surface area (Å²) in [6, 6.07) is 6.81. The smallest absolute Gasteiger partial charge is 0.237 e. The molecule has 0 aromatic heterocycles. The third kappa shape index (κ3) is 5.59. The van der Waals surface area contributed by atoms with Gasteiger partial charge in [0.1, 0.15) is 0 Å². The van der Waals surface area contributed by atoms with Crippen LogP contribution < -0.4 is 11.1 Å². The third-order valence-corrected chi connectivity index (χ3v) is 3.18. The van der Waals surface area contributed by atoms with E-state index >= 15 is 0 Å². The molecule has 1 aromatic rings. The Morgan fingerprint density at radius 3 is 2.63 bits per heavy atom. The molecule has 0 aliphatic carbocycles. The van der Waals surface area contributed by atoms with Crippen molar-refractivity contribution in [2.45, 2.75) is 31.8 Å². The van der Waals surface area contributed by atoms with E-state index in [1.807, 2.05) is 19.1 Å². The monoisotopic (exact) mass is 284 g/mol. The lowest BCUT2D eigenvalue weighted by atomic mass is 10.1. The average Bonchev–Trinajstić information content (AvgIpc) is 2.39. The SMILES string of the molecule is COCCCC(N)C(=O)NC(C)c1ccc(Cl)cc1. The van der Waals surface area contributed by atoms with Gasteiger partial charge in [0, 0.05) is 18.7 Å². The maximum Gasteiger partial charge on any atom is 0.237 e. The minimum atomic E-state index is -0.495. The molecule has 0 saturated carbocycles. The van der Waals surface area contributed by atoms with E-state index in [0.717, 1.165) is 12.0 Å². The standard InChI is InChI=1S/C14H21ClN2O2/c1-10(11-5-7-12(15)8-6-11)17-14(18)13(16)4-3-9-19-2/h5-8,10,13H,3-4,9,16H2,1-2H3,(H,17,18). The van der Waals surface area contributed by atoms with Crippen LogP contribution in [0.15, 0.2) is 24.3 Å². The molecule has 0 spiro atoms. The van der Waals surface area contributed by atoms with Crippen LogP contribution in [0.5, 0.6) is 0 Å². The van der Waals surface area contributed by atoms with Gasteiger partial charge in [-0.25, -0.2) is 0 Å². The Kier molecular flexibility index (Phi) is 6.84. The van der Waals surface area contributed by atoms with Crippen molar-refractivity contribution in [2.24, 2.45) is 5.73 Å². The van der Waals surface area contributed by atoms with Crippen molar-refractivity contribution in [1.82, 2.24) is 5.32 Å². The molecular formula is C14H21ClN2O2. The molecule has 19 heavy (non-hydrogen) atoms. The molecule has 0 aliphatic rings. The number of hydrogen-bond acceptors (Lipinski definition) is 3. The molecule has 106 valence electrons. The highest BCUT2D eigenvalue weighted by molar-refractivity contribution is 6.30. The number of methoxy groups -OCH3 is 1. The summed E-state index contributed by atoms with van der Waals surface area (Å²) in [6.07, 6.45) is 1.40. The summed E-state index contributed by atoms with van der Waals surface area (Å²) < 4.78 is 4.93. The van der Waals surface area contributed by atoms with Crippen LogP contribution in [0.25, 0.3) is 0 Å². The van der Waals surface area contributed by atoms with Crippen molar-refractivity contribution in [3.8, 4) is 0 Å². The van der Waals surface area contributed by atoms with E-state index in [9.17, 15) is 4.79 Å². The van der Waals surface area contributed by atoms with Crippen molar-refractivity contribution < 1.29 is 9.53 Å². The third-order valence-electron chi connectivity index (χ3n) is 2.93. The molecule has 0 saturated heterocycles. The molecule has 2 unspecified atom stereocenters. The molecule has 0 bridgehead atoms. The van der Waals surface area contributed by atoms with Gasteiger partial charge in [0.05, 0.1) is 12.1 Å². The number of benzene rings is 1. The Balaban J connectivity index is 2.44. The molecule has 1 rings (SSSR count). The van der Waals surface area contributed by atoms with Crippen LogP contribution in [0.4, 0.5) is 0 Å². The van der Waals surface area contributed by atoms with E-state index in [2.05, 4.69) is 5.32 Å². The van der Waals surface area contributed by atoms with E-state index < -0.39 is 6.04 Å². The number of rotatable bonds is 7. The molecular weight excluding hydrogens is 264 g/mol. The Morgan fingerprint density at radius 2 is 2.05 bits per heavy atom. The molecule has 4 nitrogen and oxygen atoms in total. The summed E-state index contributed by atoms with van der Waals surface area (Å²) in [6.45, 7) is 2.54. The number of halogens is 1. The molecule has 0 fully saturated rings. The van der Waals surface area contributed by atoms with Crippen LogP contribution in [0.2, 0.25) is 5.02 Å². The molecule has 3 N–H and O–H groups in total. The zero-order valence-electron chi connectivity index (χ0n) is 11.4. The van der Waals surface area contributed by atoms with Crippen LogP contribution in [-0.2, 0) is 9.53 Å². The highest BCUT2D eigenvalue weighted by atomic mass is 35.5. The normalized spacial score (nSPS) is 13.9. The van der Waals surface area contributed by atoms with Gasteiger partial charge in [-0.3, -0.25) is 4.79 Å². The lowest BCUT2D eigenvalue weighted by molar-refractivity contribution is -0.123. The summed E-state index contributed by atoms with van der Waals surface area (Å²) in [7, 11) is 1.63. The summed E-state index contributed by atoms with van der Waals surface area (Å²) in [5, 5.41) is 3.57. The van der Waals surface area contributed by atoms with Gasteiger partial charge >= 0.3 is 0 Å². The van der Waals surface area contributed by atoms with Crippen molar-refractivity contribution in [3.63, 3.8) is 0 Å². The molecule has 0 radical (unpaired) electrons. The predicted octanol–water partition coefficient (Wildman–Crippen LogP) is 2.27. The molecule has 0 heterocycles. The zero-order valence-corrected chi connectivity index (χ0v) is 12.1. The quantitative estimate of drug-likeness (QED) is 0.755. The van der Waals surface area contributed by atoms with Crippen LogP contribution >= 0.6 is 11.6 Å². The van der Waals surface area contributed by atoms with Gasteiger partial charge in [-0.1, -0.05) is 23.7 Å². The number of nitrogens with one attached hydrogen (secondary N) is 1. The Bertz CT molecular complexity index is 395. The van der Waals surface area contributed by atoms with Crippen LogP contribution in [0, 0.1) is 0 Å². The van der Waals surface area contributed by atoms with Crippen LogP contribution in [0.3, 0.4) is 0 Å². The van der Waals surface area contributed by atoms with Crippen molar-refractivity contribution in [1.29, 1.82) is 0 Å². The van der Waals surface area contributed by atoms with E-state index in [0.29, 0.717) is 18.1 Å². The second kappa shape index (κ2) is 8.15. The average molecular weight is 285 g/mol. The van der Waals surface area contributed by atoms with E-state index in [4.69, 9.17) is 22.1 Å². The number of carbonyl (C=O) groups is 1. The zero-order chi connectivity index (χ0) is 14.3. The van der Waals surface area contributed by atoms with Crippen LogP contribution in [0.1, 0.15) is 31.4 Å². The van der Waals surface area contributed by atoms with Gasteiger partial charge in [-0.05, 0) is 37.5 Å². The van der Waals surface area contributed by atoms with Crippen molar-refractivity contribution >= 4 is 17.5 Å². The number of ether oxygens (including phenoxy) is 1. The molecule has 5 heteroatoms. The molecule has 0 aliphatic heterocycles. The fraction of sp³-hybridized carbons (Fsp3) is 0.500. The van der Waals surface area contributed by atoms with Gasteiger partial charge in [0.25, 0.3) is 0 Å². The fourth-order valence-electron chi connectivity index (χ4n) is 1.73. The Hall–Kier alpha value is -1.10. The first kappa shape index (κ1) is 16.0. The van der Waals surface area contributed by atoms with Gasteiger partial charge in [0.15, 0.2) is 0 Å². The number of hydrogen-bond donors (Lipinski definition) is 2. The lowest BCUT2D eigenvalue weighted by Crippen LogP contribution is -2.41. The van der Waals surface area contributed by atoms with E-state index in [-0.39, 0.29) is 11.9 Å². The molecule has 2 atom stereocenters. The predicted molar refractivity (Wildman–Crippen MR) is 77.1 cm³/mol. The summed E-state index contributed by atoms with van der Waals surface area (Å²) in [5.74, 6) is -0.140. The van der Waals surface area contributed by atoms with Crippen molar-refractivity contribution in [2.75, 3.05) is 13.7 Å². The van der Waals surface area contributed by atoms with E-state index in [1.165, 1.54) is 0 Å². The fourth-order valence-corrected chi connectivity index (χ4v) is 1.86. The Morgan fingerprint density at radius 1 is 1.42 bits per heavy atom. The topological polar surface area (TPSA) is 64.3 Å². The number of nitrogens with two attached hydrogens (primary N) is 1. The summed E-state index contributed by atoms with van der Waals surface area (Å²) >= 11 is 5.82. The van der Waals surface area contributed by atoms with Gasteiger partial charge in [-0.2, -0.15) is 0 Å². The highest BCUT2D eigenvalue weighted by Gasteiger charge is 2.16. The minimum absolute atomic E-state index is 0.0850. The largest absolute Gasteiger partial charge is 0.385 e. The van der Waals surface area contributed by atoms with Crippen molar-refractivity contribution in [3.05, 3.63) is 34.9 Å². The molecule has 1 aromatic carbocycles. The van der Waals surface area contributed by atoms with Gasteiger partial charge < -0.3 is 15.8 Å². The van der Waals surface area contributed by atoms with E-state index in [1.54, 1.807) is 19.2 Å². The summed E-state index contributed by atoms with van der Waals surface area (Å²) in [5.41, 5.74) is 6.82. The minimum Gasteiger partial charge on any atom is -0.385 e. The Labute approximate surface area is 119 Å². The lowest BCUT2D eigenvalue weighted by Gasteiger charge is -2.18. The second-order valence-electron chi connectivity index (χ2n) is 4.52. The first-order valence-corrected chi connectivity index (χ1v) is 6.72. The highest BCUT2D eigenvalue weighted by Crippen LogP contribution is 2.16. The maximum absolute atomic E-state index is 11.9. The first-order valence-electron chi connectivity index (χ1n) is 6.35. The number of amides is 1. The van der Waals surface area contributed by atoms with Gasteiger partial charge in [0.2, 0.25) is 5.91 Å². The second-order valence-corrected chi connectivity index (χ2v) is 4.96. The molecule has 1 amide bonds. The maximum atomic E-state index is 11.9. The summed E-state index contributed by atoms with van der Waals surface area (Å²) in [4.78, 5) is 11.9.